The fourth-order valence-electron chi connectivity index (χ4n) is 2.06. The zero-order chi connectivity index (χ0) is 13.2. The lowest BCUT2D eigenvalue weighted by Gasteiger charge is -2.15. The molecule has 1 saturated heterocycles. The third kappa shape index (κ3) is 3.10. The van der Waals surface area contributed by atoms with Crippen LogP contribution in [-0.4, -0.2) is 27.6 Å². The van der Waals surface area contributed by atoms with Gasteiger partial charge in [-0.05, 0) is 37.9 Å². The van der Waals surface area contributed by atoms with Crippen LogP contribution in [0.4, 0.5) is 0 Å². The molecule has 0 bridgehead atoms. The van der Waals surface area contributed by atoms with Crippen LogP contribution in [0.1, 0.15) is 18.9 Å². The monoisotopic (exact) mass is 269 g/mol. The van der Waals surface area contributed by atoms with E-state index in [0.717, 1.165) is 18.5 Å². The number of hydrogen-bond acceptors (Lipinski definition) is 4. The van der Waals surface area contributed by atoms with Crippen LogP contribution >= 0.6 is 0 Å². The number of benzene rings is 1. The molecule has 1 aliphatic rings. The van der Waals surface area contributed by atoms with E-state index in [0.29, 0.717) is 5.92 Å². The Bertz CT molecular complexity index is 495. The smallest absolute Gasteiger partial charge is 0.297 e. The molecule has 0 aromatic heterocycles. The molecule has 4 nitrogen and oxygen atoms in total. The highest BCUT2D eigenvalue weighted by atomic mass is 32.2. The van der Waals surface area contributed by atoms with Crippen LogP contribution in [0, 0.1) is 12.8 Å². The van der Waals surface area contributed by atoms with Crippen LogP contribution < -0.4 is 5.32 Å². The van der Waals surface area contributed by atoms with Gasteiger partial charge in [0.25, 0.3) is 10.1 Å². The zero-order valence-electron chi connectivity index (χ0n) is 10.7. The van der Waals surface area contributed by atoms with Crippen LogP contribution in [0.15, 0.2) is 29.2 Å². The van der Waals surface area contributed by atoms with E-state index in [-0.39, 0.29) is 17.5 Å². The van der Waals surface area contributed by atoms with E-state index in [1.165, 1.54) is 0 Å². The number of aryl methyl sites for hydroxylation is 1. The Morgan fingerprint density at radius 2 is 2.00 bits per heavy atom. The lowest BCUT2D eigenvalue weighted by atomic mass is 10.1. The highest BCUT2D eigenvalue weighted by molar-refractivity contribution is 7.86. The van der Waals surface area contributed by atoms with E-state index >= 15 is 0 Å². The molecule has 0 spiro atoms. The highest BCUT2D eigenvalue weighted by Gasteiger charge is 2.25. The lowest BCUT2D eigenvalue weighted by molar-refractivity contribution is 0.258. The quantitative estimate of drug-likeness (QED) is 0.845. The van der Waals surface area contributed by atoms with Crippen LogP contribution in [0.3, 0.4) is 0 Å². The molecule has 0 saturated carbocycles. The first-order valence-corrected chi connectivity index (χ1v) is 7.59. The van der Waals surface area contributed by atoms with Crippen molar-refractivity contribution in [3.8, 4) is 0 Å². The normalized spacial score (nSPS) is 24.3. The lowest BCUT2D eigenvalue weighted by Crippen LogP contribution is -2.32. The number of rotatable bonds is 4. The van der Waals surface area contributed by atoms with Crippen molar-refractivity contribution < 1.29 is 12.6 Å². The van der Waals surface area contributed by atoms with Gasteiger partial charge >= 0.3 is 0 Å². The van der Waals surface area contributed by atoms with E-state index in [1.807, 2.05) is 6.92 Å². The van der Waals surface area contributed by atoms with Crippen molar-refractivity contribution in [3.05, 3.63) is 29.8 Å². The summed E-state index contributed by atoms with van der Waals surface area (Å²) in [5, 5.41) is 3.25. The molecule has 5 heteroatoms. The summed E-state index contributed by atoms with van der Waals surface area (Å²) >= 11 is 0. The largest absolute Gasteiger partial charge is 0.311 e. The van der Waals surface area contributed by atoms with Crippen LogP contribution in [0.5, 0.6) is 0 Å². The molecule has 1 aromatic carbocycles. The predicted octanol–water partition coefficient (Wildman–Crippen LogP) is 1.70. The summed E-state index contributed by atoms with van der Waals surface area (Å²) in [6.07, 6.45) is 1.07. The van der Waals surface area contributed by atoms with Gasteiger partial charge in [0, 0.05) is 6.04 Å². The Hall–Kier alpha value is -0.910. The van der Waals surface area contributed by atoms with E-state index in [9.17, 15) is 8.42 Å². The van der Waals surface area contributed by atoms with Crippen molar-refractivity contribution >= 4 is 10.1 Å². The summed E-state index contributed by atoms with van der Waals surface area (Å²) < 4.78 is 29.0. The molecule has 1 N–H and O–H groups in total. The molecular formula is C13H19NO3S. The average molecular weight is 269 g/mol. The van der Waals surface area contributed by atoms with Crippen LogP contribution in [0.2, 0.25) is 0 Å². The van der Waals surface area contributed by atoms with Gasteiger partial charge in [0.05, 0.1) is 11.5 Å². The molecule has 1 aliphatic heterocycles. The minimum absolute atomic E-state index is 0.130. The zero-order valence-corrected chi connectivity index (χ0v) is 11.5. The summed E-state index contributed by atoms with van der Waals surface area (Å²) in [6, 6.07) is 6.83. The molecule has 0 aliphatic carbocycles. The van der Waals surface area contributed by atoms with Gasteiger partial charge in [-0.3, -0.25) is 4.18 Å². The molecule has 2 rings (SSSR count). The highest BCUT2D eigenvalue weighted by Crippen LogP contribution is 2.18. The molecular weight excluding hydrogens is 250 g/mol. The Morgan fingerprint density at radius 1 is 1.33 bits per heavy atom. The van der Waals surface area contributed by atoms with Gasteiger partial charge in [0.2, 0.25) is 0 Å². The molecule has 1 heterocycles. The fraction of sp³-hybridized carbons (Fsp3) is 0.538. The maximum Gasteiger partial charge on any atom is 0.297 e. The summed E-state index contributed by atoms with van der Waals surface area (Å²) in [7, 11) is -3.63. The van der Waals surface area contributed by atoms with Crippen LogP contribution in [0.25, 0.3) is 0 Å². The average Bonchev–Trinajstić information content (AvgIpc) is 2.73. The second kappa shape index (κ2) is 5.38. The van der Waals surface area contributed by atoms with Crippen LogP contribution in [-0.2, 0) is 14.3 Å². The molecule has 0 amide bonds. The van der Waals surface area contributed by atoms with Crippen molar-refractivity contribution in [1.82, 2.24) is 5.32 Å². The molecule has 1 aromatic rings. The topological polar surface area (TPSA) is 55.4 Å². The summed E-state index contributed by atoms with van der Waals surface area (Å²) in [5.41, 5.74) is 1.03. The van der Waals surface area contributed by atoms with Crippen molar-refractivity contribution in [2.75, 3.05) is 13.2 Å². The van der Waals surface area contributed by atoms with Gasteiger partial charge < -0.3 is 5.32 Å². The Balaban J connectivity index is 2.01. The second-order valence-corrected chi connectivity index (χ2v) is 6.49. The molecule has 100 valence electrons. The minimum Gasteiger partial charge on any atom is -0.311 e. The summed E-state index contributed by atoms with van der Waals surface area (Å²) in [5.74, 6) is 0.457. The molecule has 18 heavy (non-hydrogen) atoms. The Labute approximate surface area is 108 Å². The van der Waals surface area contributed by atoms with Gasteiger partial charge in [-0.25, -0.2) is 0 Å². The van der Waals surface area contributed by atoms with Crippen molar-refractivity contribution in [2.24, 2.45) is 5.92 Å². The maximum atomic E-state index is 12.0. The summed E-state index contributed by atoms with van der Waals surface area (Å²) in [4.78, 5) is 0.221. The first-order valence-electron chi connectivity index (χ1n) is 6.18. The van der Waals surface area contributed by atoms with Crippen molar-refractivity contribution in [3.63, 3.8) is 0 Å². The van der Waals surface area contributed by atoms with Gasteiger partial charge in [-0.1, -0.05) is 24.6 Å². The maximum absolute atomic E-state index is 12.0. The predicted molar refractivity (Wildman–Crippen MR) is 69.9 cm³/mol. The van der Waals surface area contributed by atoms with E-state index in [1.54, 1.807) is 24.3 Å². The standard InChI is InChI=1S/C13H19NO3S/c1-10-3-5-12(6-4-10)18(15,16)17-9-13-11(2)7-8-14-13/h3-6,11,13-14H,7-9H2,1-2H3/t11-,13-/m0/s1. The second-order valence-electron chi connectivity index (χ2n) is 4.88. The van der Waals surface area contributed by atoms with Gasteiger partial charge in [-0.2, -0.15) is 8.42 Å². The number of nitrogens with one attached hydrogen (secondary N) is 1. The third-order valence-electron chi connectivity index (χ3n) is 3.41. The third-order valence-corrected chi connectivity index (χ3v) is 4.70. The SMILES string of the molecule is Cc1ccc(S(=O)(=O)OC[C@@H]2NCC[C@@H]2C)cc1. The summed E-state index contributed by atoms with van der Waals surface area (Å²) in [6.45, 7) is 5.16. The van der Waals surface area contributed by atoms with Gasteiger partial charge in [-0.15, -0.1) is 0 Å². The molecule has 1 fully saturated rings. The van der Waals surface area contributed by atoms with E-state index in [4.69, 9.17) is 4.18 Å². The van der Waals surface area contributed by atoms with Gasteiger partial charge in [0.15, 0.2) is 0 Å². The Morgan fingerprint density at radius 3 is 2.56 bits per heavy atom. The first-order chi connectivity index (χ1) is 8.49. The van der Waals surface area contributed by atoms with E-state index in [2.05, 4.69) is 12.2 Å². The molecule has 0 unspecified atom stereocenters. The number of hydrogen-bond donors (Lipinski definition) is 1. The minimum atomic E-state index is -3.63. The molecule has 2 atom stereocenters. The molecule has 0 radical (unpaired) electrons. The van der Waals surface area contributed by atoms with Crippen molar-refractivity contribution in [1.29, 1.82) is 0 Å². The van der Waals surface area contributed by atoms with Crippen molar-refractivity contribution in [2.45, 2.75) is 31.2 Å². The first kappa shape index (κ1) is 13.5. The fourth-order valence-corrected chi connectivity index (χ4v) is 2.99. The Kier molecular flexibility index (Phi) is 4.04. The van der Waals surface area contributed by atoms with Gasteiger partial charge in [0.1, 0.15) is 0 Å². The van der Waals surface area contributed by atoms with E-state index < -0.39 is 10.1 Å².